The number of hydrogen-bond acceptors (Lipinski definition) is 15. The molecule has 2 aromatic carbocycles. The van der Waals surface area contributed by atoms with Crippen LogP contribution in [0.4, 0.5) is 34.4 Å². The maximum absolute atomic E-state index is 12.4. The number of guanidine groups is 1. The normalized spacial score (nSPS) is 12.5. The highest BCUT2D eigenvalue weighted by atomic mass is 35.5. The van der Waals surface area contributed by atoms with Crippen molar-refractivity contribution in [1.29, 1.82) is 5.26 Å². The average Bonchev–Trinajstić information content (AvgIpc) is 3.12. The van der Waals surface area contributed by atoms with Gasteiger partial charge in [-0.15, -0.1) is 10.2 Å². The van der Waals surface area contributed by atoms with Crippen LogP contribution in [0.25, 0.3) is 0 Å². The van der Waals surface area contributed by atoms with E-state index < -0.39 is 40.0 Å². The molecular formula is C33H38ClN11O8S3. The predicted octanol–water partition coefficient (Wildman–Crippen LogP) is 5.16. The summed E-state index contributed by atoms with van der Waals surface area (Å²) in [5, 5.41) is 31.2. The van der Waals surface area contributed by atoms with E-state index in [4.69, 9.17) is 22.1 Å². The average molecular weight is 848 g/mol. The zero-order valence-electron chi connectivity index (χ0n) is 30.0. The van der Waals surface area contributed by atoms with Crippen LogP contribution in [0.3, 0.4) is 0 Å². The summed E-state index contributed by atoms with van der Waals surface area (Å²) in [6, 6.07) is 11.1. The number of nitrogens with two attached hydrogens (primary N) is 1. The number of pyridine rings is 1. The summed E-state index contributed by atoms with van der Waals surface area (Å²) in [6.45, 7) is 12.6. The number of aliphatic imine (C=N–C) groups is 2. The van der Waals surface area contributed by atoms with Crippen LogP contribution in [-0.2, 0) is 34.5 Å². The van der Waals surface area contributed by atoms with Crippen molar-refractivity contribution in [1.82, 2.24) is 4.98 Å². The minimum Gasteiger partial charge on any atom is -0.385 e. The quantitative estimate of drug-likeness (QED) is 0.0227. The summed E-state index contributed by atoms with van der Waals surface area (Å²) >= 11 is 5.79. The summed E-state index contributed by atoms with van der Waals surface area (Å²) in [4.78, 5) is 12.0. The lowest BCUT2D eigenvalue weighted by atomic mass is 10.1. The van der Waals surface area contributed by atoms with Gasteiger partial charge in [0.2, 0.25) is 5.96 Å². The molecule has 1 heterocycles. The van der Waals surface area contributed by atoms with Crippen LogP contribution in [0.15, 0.2) is 109 Å². The molecule has 0 unspecified atom stereocenters. The Morgan fingerprint density at radius 1 is 0.982 bits per heavy atom. The second-order valence-electron chi connectivity index (χ2n) is 11.2. The number of methoxy groups -OCH3 is 1. The number of nitrogens with zero attached hydrogens (tertiary/aromatic N) is 6. The van der Waals surface area contributed by atoms with E-state index in [9.17, 15) is 35.1 Å². The van der Waals surface area contributed by atoms with E-state index in [1.165, 1.54) is 43.5 Å². The van der Waals surface area contributed by atoms with Gasteiger partial charge in [-0.2, -0.15) is 23.7 Å². The Bertz CT molecular complexity index is 2450. The topological polar surface area (TPSA) is 292 Å². The van der Waals surface area contributed by atoms with Crippen LogP contribution in [0.1, 0.15) is 17.5 Å². The summed E-state index contributed by atoms with van der Waals surface area (Å²) in [5.41, 5.74) is 6.04. The zero-order valence-corrected chi connectivity index (χ0v) is 33.2. The SMILES string of the molecule is C=CS(=O)(=O)CCNc1nc(NCCCOC)c(/N=N/c2cc(NC(=C)/N=C(\N=C(/N)Cl)Nc3ccc(S(=O)(=O)C=C)cc3)ccc2S(=O)(=O)O)c(C)c1C#N. The third kappa shape index (κ3) is 13.0. The van der Waals surface area contributed by atoms with Crippen LogP contribution in [0.2, 0.25) is 0 Å². The van der Waals surface area contributed by atoms with Gasteiger partial charge in [0.05, 0.1) is 16.2 Å². The number of nitrogens with one attached hydrogen (secondary N) is 4. The van der Waals surface area contributed by atoms with Crippen LogP contribution in [-0.4, -0.2) is 78.6 Å². The number of halogens is 1. The molecule has 0 radical (unpaired) electrons. The maximum atomic E-state index is 12.4. The Morgan fingerprint density at radius 3 is 2.23 bits per heavy atom. The molecule has 0 bridgehead atoms. The van der Waals surface area contributed by atoms with Crippen LogP contribution in [0, 0.1) is 18.3 Å². The predicted molar refractivity (Wildman–Crippen MR) is 217 cm³/mol. The van der Waals surface area contributed by atoms with E-state index in [2.05, 4.69) is 66.2 Å². The third-order valence-electron chi connectivity index (χ3n) is 7.17. The van der Waals surface area contributed by atoms with Crippen LogP contribution >= 0.6 is 11.6 Å². The second-order valence-corrected chi connectivity index (χ2v) is 16.9. The molecule has 0 amide bonds. The van der Waals surface area contributed by atoms with Crippen molar-refractivity contribution in [3.63, 3.8) is 0 Å². The number of hydrogen-bond donors (Lipinski definition) is 6. The Morgan fingerprint density at radius 2 is 1.64 bits per heavy atom. The van der Waals surface area contributed by atoms with E-state index in [1.54, 1.807) is 6.92 Å². The minimum absolute atomic E-state index is 0.000728. The second kappa shape index (κ2) is 19.8. The summed E-state index contributed by atoms with van der Waals surface area (Å²) in [5.74, 6) is -0.381. The molecule has 0 aliphatic heterocycles. The molecule has 0 saturated carbocycles. The lowest BCUT2D eigenvalue weighted by molar-refractivity contribution is 0.198. The number of sulfone groups is 2. The highest BCUT2D eigenvalue weighted by Gasteiger charge is 2.20. The molecule has 23 heteroatoms. The van der Waals surface area contributed by atoms with Crippen molar-refractivity contribution in [2.45, 2.75) is 23.1 Å². The van der Waals surface area contributed by atoms with E-state index in [0.29, 0.717) is 25.3 Å². The first-order chi connectivity index (χ1) is 26.3. The van der Waals surface area contributed by atoms with Crippen molar-refractivity contribution in [3.05, 3.63) is 90.0 Å². The number of nitriles is 1. The Balaban J connectivity index is 2.02. The third-order valence-corrected chi connectivity index (χ3v) is 10.8. The fourth-order valence-electron chi connectivity index (χ4n) is 4.48. The van der Waals surface area contributed by atoms with E-state index in [0.717, 1.165) is 16.9 Å². The van der Waals surface area contributed by atoms with Gasteiger partial charge in [0.1, 0.15) is 34.0 Å². The molecule has 56 heavy (non-hydrogen) atoms. The largest absolute Gasteiger partial charge is 0.385 e. The van der Waals surface area contributed by atoms with Crippen molar-refractivity contribution in [3.8, 4) is 6.07 Å². The van der Waals surface area contributed by atoms with Crippen molar-refractivity contribution in [2.24, 2.45) is 25.9 Å². The number of azo groups is 1. The zero-order chi connectivity index (χ0) is 41.7. The number of amidine groups is 1. The van der Waals surface area contributed by atoms with Crippen molar-refractivity contribution >= 4 is 87.0 Å². The Hall–Kier alpha value is -5.70. The molecule has 3 aromatic rings. The van der Waals surface area contributed by atoms with Crippen LogP contribution in [0.5, 0.6) is 0 Å². The molecule has 0 aliphatic rings. The van der Waals surface area contributed by atoms with Gasteiger partial charge in [-0.3, -0.25) is 4.55 Å². The fraction of sp³-hybridized carbons (Fsp3) is 0.212. The molecular weight excluding hydrogens is 810 g/mol. The lowest BCUT2D eigenvalue weighted by Gasteiger charge is -2.15. The lowest BCUT2D eigenvalue weighted by Crippen LogP contribution is -2.16. The first-order valence-corrected chi connectivity index (χ1v) is 21.0. The standard InChI is InChI=1S/C33H38ClN11O8S3/c1-6-54(46,47)18-16-38-30-26(20-35)21(3)29(31(42-30)37-15-8-17-53-5)45-44-27-19-24(11-14-28(27)56(50,51)52)39-22(4)40-33(43-32(34)36)41-23-9-12-25(13-10-23)55(48,49)7-2/h6-7,9-14,19,39H,1-2,4,8,15-18H2,3,5H3,(H2,37,38,42)(H,50,51,52)(H3,36,40,41,43)/b45-44+. The van der Waals surface area contributed by atoms with Crippen LogP contribution < -0.4 is 27.0 Å². The molecule has 19 nitrogen and oxygen atoms in total. The highest BCUT2D eigenvalue weighted by molar-refractivity contribution is 7.94. The maximum Gasteiger partial charge on any atom is 0.296 e. The van der Waals surface area contributed by atoms with E-state index in [1.807, 2.05) is 6.07 Å². The van der Waals surface area contributed by atoms with E-state index in [-0.39, 0.29) is 68.8 Å². The molecule has 1 aromatic heterocycles. The Kier molecular flexibility index (Phi) is 15.8. The molecule has 0 atom stereocenters. The summed E-state index contributed by atoms with van der Waals surface area (Å²) in [7, 11) is -10.5. The smallest absolute Gasteiger partial charge is 0.296 e. The van der Waals surface area contributed by atoms with Crippen molar-refractivity contribution < 1.29 is 34.5 Å². The number of anilines is 4. The molecule has 3 rings (SSSR count). The molecule has 0 spiro atoms. The van der Waals surface area contributed by atoms with Gasteiger partial charge in [0.25, 0.3) is 10.1 Å². The number of ether oxygens (including phenoxy) is 1. The van der Waals surface area contributed by atoms with Gasteiger partial charge < -0.3 is 31.7 Å². The monoisotopic (exact) mass is 847 g/mol. The molecule has 0 aliphatic carbocycles. The van der Waals surface area contributed by atoms with Gasteiger partial charge in [-0.05, 0) is 67.4 Å². The van der Waals surface area contributed by atoms with Crippen molar-refractivity contribution in [2.75, 3.05) is 53.8 Å². The molecule has 7 N–H and O–H groups in total. The van der Waals surface area contributed by atoms with Gasteiger partial charge >= 0.3 is 0 Å². The van der Waals surface area contributed by atoms with Gasteiger partial charge in [0, 0.05) is 54.6 Å². The first-order valence-electron chi connectivity index (χ1n) is 15.9. The number of aromatic nitrogens is 1. The molecule has 0 saturated heterocycles. The Labute approximate surface area is 329 Å². The molecule has 298 valence electrons. The van der Waals surface area contributed by atoms with Gasteiger partial charge in [-0.25, -0.2) is 21.8 Å². The van der Waals surface area contributed by atoms with Gasteiger partial charge in [-0.1, -0.05) is 19.7 Å². The highest BCUT2D eigenvalue weighted by Crippen LogP contribution is 2.36. The van der Waals surface area contributed by atoms with Gasteiger partial charge in [0.15, 0.2) is 30.8 Å². The minimum atomic E-state index is -4.84. The molecule has 0 fully saturated rings. The van der Waals surface area contributed by atoms with E-state index >= 15 is 0 Å². The first kappa shape index (κ1) is 44.7. The number of rotatable bonds is 19. The summed E-state index contributed by atoms with van der Waals surface area (Å²) in [6.07, 6.45) is 0.535. The number of benzene rings is 2. The fourth-order valence-corrected chi connectivity index (χ4v) is 6.42. The summed E-state index contributed by atoms with van der Waals surface area (Å²) < 4.78 is 87.8.